The van der Waals surface area contributed by atoms with Crippen molar-refractivity contribution in [2.75, 3.05) is 5.75 Å². The summed E-state index contributed by atoms with van der Waals surface area (Å²) in [7, 11) is 0. The lowest BCUT2D eigenvalue weighted by Gasteiger charge is -2.24. The number of nitrogens with zero attached hydrogens (tertiary/aromatic N) is 1. The summed E-state index contributed by atoms with van der Waals surface area (Å²) in [5.74, 6) is -3.56. The van der Waals surface area contributed by atoms with Gasteiger partial charge in [0.2, 0.25) is 5.91 Å². The normalized spacial score (nSPS) is 21.9. The van der Waals surface area contributed by atoms with E-state index >= 15 is 0 Å². The maximum absolute atomic E-state index is 14.3. The number of ether oxygens (including phenoxy) is 1. The predicted molar refractivity (Wildman–Crippen MR) is 126 cm³/mol. The van der Waals surface area contributed by atoms with Crippen molar-refractivity contribution in [3.63, 3.8) is 0 Å². The smallest absolute Gasteiger partial charge is 0.329 e. The zero-order valence-electron chi connectivity index (χ0n) is 19.3. The number of halogens is 1. The van der Waals surface area contributed by atoms with Crippen LogP contribution in [0.2, 0.25) is 0 Å². The summed E-state index contributed by atoms with van der Waals surface area (Å²) in [6.45, 7) is 4.85. The first-order valence-corrected chi connectivity index (χ1v) is 11.5. The van der Waals surface area contributed by atoms with E-state index in [1.165, 1.54) is 19.1 Å². The van der Waals surface area contributed by atoms with Gasteiger partial charge in [-0.2, -0.15) is 12.6 Å². The molecule has 0 saturated heterocycles. The number of carbonyl (C=O) groups is 4. The lowest BCUT2D eigenvalue weighted by atomic mass is 10.0. The third-order valence-electron chi connectivity index (χ3n) is 4.87. The number of hydrogen-bond donors (Lipinski definition) is 4. The number of nitrogens with one attached hydrogen (secondary N) is 3. The number of fused-ring (bicyclic) bond motifs is 2. The molecule has 1 aromatic rings. The molecule has 0 spiro atoms. The molecule has 0 fully saturated rings. The Balaban J connectivity index is 2.44. The molecule has 3 amide bonds. The van der Waals surface area contributed by atoms with Gasteiger partial charge in [0.15, 0.2) is 11.5 Å². The Morgan fingerprint density at radius 2 is 1.97 bits per heavy atom. The van der Waals surface area contributed by atoms with Crippen LogP contribution in [0.1, 0.15) is 49.8 Å². The molecule has 1 unspecified atom stereocenters. The molecular weight excluding hydrogens is 463 g/mol. The van der Waals surface area contributed by atoms with Gasteiger partial charge in [-0.15, -0.1) is 0 Å². The van der Waals surface area contributed by atoms with Crippen LogP contribution in [-0.4, -0.2) is 46.6 Å². The Bertz CT molecular complexity index is 996. The molecule has 2 heterocycles. The SMILES string of the molecule is C/C=C1\NC(=O)c2nc(ccc2F)CNC(=O)CC(/C=C/CCS)OC(=O)[C@H](C(C)C)NC1=O. The summed E-state index contributed by atoms with van der Waals surface area (Å²) >= 11 is 4.13. The van der Waals surface area contributed by atoms with Gasteiger partial charge in [0, 0.05) is 0 Å². The minimum atomic E-state index is -1.06. The zero-order chi connectivity index (χ0) is 25.3. The van der Waals surface area contributed by atoms with Crippen molar-refractivity contribution in [1.82, 2.24) is 20.9 Å². The fourth-order valence-corrected chi connectivity index (χ4v) is 3.19. The first-order chi connectivity index (χ1) is 16.2. The highest BCUT2D eigenvalue weighted by molar-refractivity contribution is 7.80. The number of esters is 1. The van der Waals surface area contributed by atoms with Gasteiger partial charge >= 0.3 is 5.97 Å². The molecular formula is C23H29FN4O5S. The van der Waals surface area contributed by atoms with Crippen molar-refractivity contribution in [3.8, 4) is 0 Å². The molecule has 9 nitrogen and oxygen atoms in total. The van der Waals surface area contributed by atoms with E-state index in [9.17, 15) is 23.6 Å². The number of cyclic esters (lactones) is 1. The van der Waals surface area contributed by atoms with Gasteiger partial charge in [0.25, 0.3) is 11.8 Å². The average molecular weight is 493 g/mol. The van der Waals surface area contributed by atoms with Gasteiger partial charge in [-0.3, -0.25) is 14.4 Å². The highest BCUT2D eigenvalue weighted by Gasteiger charge is 2.30. The Morgan fingerprint density at radius 3 is 2.62 bits per heavy atom. The summed E-state index contributed by atoms with van der Waals surface area (Å²) in [4.78, 5) is 54.8. The van der Waals surface area contributed by atoms with Crippen molar-refractivity contribution < 1.29 is 28.3 Å². The number of amides is 3. The second-order valence-electron chi connectivity index (χ2n) is 7.88. The van der Waals surface area contributed by atoms with E-state index in [4.69, 9.17) is 4.74 Å². The molecule has 0 aromatic carbocycles. The molecule has 34 heavy (non-hydrogen) atoms. The molecule has 2 bridgehead atoms. The van der Waals surface area contributed by atoms with Crippen LogP contribution in [0.3, 0.4) is 0 Å². The highest BCUT2D eigenvalue weighted by atomic mass is 32.1. The van der Waals surface area contributed by atoms with Crippen molar-refractivity contribution in [1.29, 1.82) is 0 Å². The standard InChI is InChI=1S/C23H29FN4O5S/c1-4-17-21(30)28-19(13(2)3)23(32)33-15(7-5-6-10-34)11-18(29)25-12-14-8-9-16(24)20(26-14)22(31)27-17/h4-5,7-9,13,15,19,34H,6,10-12H2,1-3H3,(H,25,29)(H,27,31)(H,28,30)/b7-5+,17-4-/t15?,19-/m0/s1. The Morgan fingerprint density at radius 1 is 1.24 bits per heavy atom. The van der Waals surface area contributed by atoms with Gasteiger partial charge in [-0.05, 0) is 43.2 Å². The minimum Gasteiger partial charge on any atom is -0.456 e. The van der Waals surface area contributed by atoms with Crippen LogP contribution in [0.25, 0.3) is 0 Å². The molecule has 0 radical (unpaired) electrons. The molecule has 11 heteroatoms. The topological polar surface area (TPSA) is 126 Å². The van der Waals surface area contributed by atoms with E-state index in [-0.39, 0.29) is 30.3 Å². The first kappa shape index (κ1) is 27.0. The van der Waals surface area contributed by atoms with Crippen molar-refractivity contribution >= 4 is 36.3 Å². The largest absolute Gasteiger partial charge is 0.456 e. The molecule has 2 atom stereocenters. The second-order valence-corrected chi connectivity index (χ2v) is 8.33. The molecule has 0 saturated carbocycles. The van der Waals surface area contributed by atoms with Gasteiger partial charge < -0.3 is 20.7 Å². The zero-order valence-corrected chi connectivity index (χ0v) is 20.2. The predicted octanol–water partition coefficient (Wildman–Crippen LogP) is 1.80. The third-order valence-corrected chi connectivity index (χ3v) is 5.13. The van der Waals surface area contributed by atoms with E-state index in [0.717, 1.165) is 6.07 Å². The number of carbonyl (C=O) groups excluding carboxylic acids is 4. The van der Waals surface area contributed by atoms with Crippen LogP contribution in [0.4, 0.5) is 4.39 Å². The van der Waals surface area contributed by atoms with Crippen LogP contribution in [0, 0.1) is 11.7 Å². The van der Waals surface area contributed by atoms with Gasteiger partial charge in [-0.25, -0.2) is 14.2 Å². The fourth-order valence-electron chi connectivity index (χ4n) is 3.04. The number of allylic oxidation sites excluding steroid dienone is 2. The van der Waals surface area contributed by atoms with Crippen molar-refractivity contribution in [2.45, 2.75) is 52.3 Å². The molecule has 3 N–H and O–H groups in total. The third kappa shape index (κ3) is 7.68. The molecule has 1 aliphatic rings. The van der Waals surface area contributed by atoms with E-state index in [2.05, 4.69) is 33.6 Å². The van der Waals surface area contributed by atoms with Gasteiger partial charge in [0.1, 0.15) is 17.8 Å². The summed E-state index contributed by atoms with van der Waals surface area (Å²) in [5, 5.41) is 7.49. The average Bonchev–Trinajstić information content (AvgIpc) is 2.79. The quantitative estimate of drug-likeness (QED) is 0.220. The number of thiol groups is 1. The first-order valence-electron chi connectivity index (χ1n) is 10.8. The minimum absolute atomic E-state index is 0.0774. The number of rotatable bonds is 4. The van der Waals surface area contributed by atoms with Crippen LogP contribution in [0.5, 0.6) is 0 Å². The van der Waals surface area contributed by atoms with E-state index < -0.39 is 47.3 Å². The second kappa shape index (κ2) is 12.9. The van der Waals surface area contributed by atoms with Crippen LogP contribution in [0.15, 0.2) is 36.1 Å². The van der Waals surface area contributed by atoms with Crippen LogP contribution < -0.4 is 16.0 Å². The Kier molecular flexibility index (Phi) is 10.2. The highest BCUT2D eigenvalue weighted by Crippen LogP contribution is 2.12. The van der Waals surface area contributed by atoms with E-state index in [1.54, 1.807) is 26.0 Å². The van der Waals surface area contributed by atoms with Gasteiger partial charge in [-0.1, -0.05) is 26.0 Å². The molecule has 184 valence electrons. The number of hydrogen-bond acceptors (Lipinski definition) is 7. The fraction of sp³-hybridized carbons (Fsp3) is 0.435. The number of aromatic nitrogens is 1. The molecule has 0 aliphatic carbocycles. The molecule has 2 rings (SSSR count). The number of pyridine rings is 1. The van der Waals surface area contributed by atoms with Crippen LogP contribution >= 0.6 is 12.6 Å². The van der Waals surface area contributed by atoms with E-state index in [0.29, 0.717) is 12.2 Å². The molecule has 1 aromatic heterocycles. The lowest BCUT2D eigenvalue weighted by Crippen LogP contribution is -2.48. The monoisotopic (exact) mass is 492 g/mol. The van der Waals surface area contributed by atoms with E-state index in [1.807, 2.05) is 0 Å². The maximum atomic E-state index is 14.3. The van der Waals surface area contributed by atoms with Gasteiger partial charge in [0.05, 0.1) is 18.7 Å². The Hall–Kier alpha value is -3.21. The molecule has 1 aliphatic heterocycles. The Labute approximate surface area is 203 Å². The summed E-state index contributed by atoms with van der Waals surface area (Å²) in [6, 6.07) is 1.33. The lowest BCUT2D eigenvalue weighted by molar-refractivity contribution is -0.153. The summed E-state index contributed by atoms with van der Waals surface area (Å²) in [5.41, 5.74) is -0.475. The summed E-state index contributed by atoms with van der Waals surface area (Å²) < 4.78 is 19.8. The van der Waals surface area contributed by atoms with Crippen molar-refractivity contribution in [3.05, 3.63) is 53.3 Å². The summed E-state index contributed by atoms with van der Waals surface area (Å²) in [6.07, 6.45) is 4.22. The van der Waals surface area contributed by atoms with Crippen molar-refractivity contribution in [2.24, 2.45) is 5.92 Å². The van der Waals surface area contributed by atoms with Crippen LogP contribution in [-0.2, 0) is 25.7 Å². The maximum Gasteiger partial charge on any atom is 0.329 e.